The van der Waals surface area contributed by atoms with E-state index in [1.807, 2.05) is 14.1 Å². The summed E-state index contributed by atoms with van der Waals surface area (Å²) in [6.45, 7) is 2.99. The molecule has 0 saturated carbocycles. The monoisotopic (exact) mass is 381 g/mol. The van der Waals surface area contributed by atoms with Crippen molar-refractivity contribution in [2.45, 2.75) is 44.7 Å². The third kappa shape index (κ3) is 5.28. The van der Waals surface area contributed by atoms with Crippen molar-refractivity contribution in [3.05, 3.63) is 35.4 Å². The van der Waals surface area contributed by atoms with Crippen LogP contribution in [0, 0.1) is 0 Å². The average Bonchev–Trinajstić information content (AvgIpc) is 2.61. The second-order valence-electron chi connectivity index (χ2n) is 7.20. The van der Waals surface area contributed by atoms with E-state index < -0.39 is 16.1 Å². The number of likely N-dealkylation sites (N-methyl/N-ethyl adjacent to an activating group) is 1. The number of benzene rings is 1. The van der Waals surface area contributed by atoms with Crippen molar-refractivity contribution in [1.29, 1.82) is 0 Å². The molecule has 2 rings (SSSR count). The van der Waals surface area contributed by atoms with Gasteiger partial charge in [0, 0.05) is 13.1 Å². The van der Waals surface area contributed by atoms with Gasteiger partial charge in [0.2, 0.25) is 15.9 Å². The zero-order valence-corrected chi connectivity index (χ0v) is 17.1. The van der Waals surface area contributed by atoms with Crippen molar-refractivity contribution in [3.63, 3.8) is 0 Å². The lowest BCUT2D eigenvalue weighted by molar-refractivity contribution is -0.125. The molecule has 146 valence electrons. The Balaban J connectivity index is 2.06. The van der Waals surface area contributed by atoms with E-state index in [-0.39, 0.29) is 11.9 Å². The first-order chi connectivity index (χ1) is 12.2. The third-order valence-corrected chi connectivity index (χ3v) is 6.34. The molecule has 1 amide bonds. The summed E-state index contributed by atoms with van der Waals surface area (Å²) < 4.78 is 25.3. The fourth-order valence-corrected chi connectivity index (χ4v) is 4.58. The van der Waals surface area contributed by atoms with E-state index in [1.54, 1.807) is 0 Å². The second kappa shape index (κ2) is 8.97. The van der Waals surface area contributed by atoms with Crippen LogP contribution in [0.2, 0.25) is 0 Å². The molecule has 2 unspecified atom stereocenters. The van der Waals surface area contributed by atoms with Crippen molar-refractivity contribution < 1.29 is 13.2 Å². The van der Waals surface area contributed by atoms with Gasteiger partial charge in [0.1, 0.15) is 6.04 Å². The number of hydrogen-bond acceptors (Lipinski definition) is 4. The number of amides is 1. The molecule has 1 aromatic rings. The van der Waals surface area contributed by atoms with Crippen LogP contribution in [-0.2, 0) is 21.2 Å². The molecule has 1 saturated heterocycles. The Morgan fingerprint density at radius 1 is 1.27 bits per heavy atom. The van der Waals surface area contributed by atoms with Crippen LogP contribution in [0.4, 0.5) is 0 Å². The predicted octanol–water partition coefficient (Wildman–Crippen LogP) is 1.78. The van der Waals surface area contributed by atoms with Crippen molar-refractivity contribution in [1.82, 2.24) is 14.5 Å². The topological polar surface area (TPSA) is 69.7 Å². The van der Waals surface area contributed by atoms with Gasteiger partial charge < -0.3 is 10.2 Å². The summed E-state index contributed by atoms with van der Waals surface area (Å²) in [5.41, 5.74) is 2.41. The Bertz CT molecular complexity index is 701. The van der Waals surface area contributed by atoms with E-state index in [2.05, 4.69) is 41.4 Å². The highest BCUT2D eigenvalue weighted by Crippen LogP contribution is 2.21. The number of sulfonamides is 1. The molecule has 1 aliphatic rings. The van der Waals surface area contributed by atoms with E-state index in [0.29, 0.717) is 19.5 Å². The minimum absolute atomic E-state index is 0.0418. The standard InChI is InChI=1S/C19H31N3O3S/c1-5-15-9-11-16(12-10-15)18(21(2)3)14-20-19(23)17-8-6-7-13-22(17)26(4,24)25/h9-12,17-18H,5-8,13-14H2,1-4H3,(H,20,23). The van der Waals surface area contributed by atoms with Crippen LogP contribution in [0.5, 0.6) is 0 Å². The van der Waals surface area contributed by atoms with Crippen LogP contribution in [-0.4, -0.2) is 63.0 Å². The first-order valence-corrected chi connectivity index (χ1v) is 11.1. The highest BCUT2D eigenvalue weighted by Gasteiger charge is 2.34. The summed E-state index contributed by atoms with van der Waals surface area (Å²) in [4.78, 5) is 14.7. The lowest BCUT2D eigenvalue weighted by Gasteiger charge is -2.33. The van der Waals surface area contributed by atoms with Crippen LogP contribution < -0.4 is 5.32 Å². The molecule has 0 aromatic heterocycles. The summed E-state index contributed by atoms with van der Waals surface area (Å²) >= 11 is 0. The van der Waals surface area contributed by atoms with Crippen molar-refractivity contribution in [2.75, 3.05) is 33.4 Å². The van der Waals surface area contributed by atoms with Gasteiger partial charge in [-0.1, -0.05) is 37.6 Å². The number of piperidine rings is 1. The Morgan fingerprint density at radius 2 is 1.92 bits per heavy atom. The molecule has 0 radical (unpaired) electrons. The molecule has 1 N–H and O–H groups in total. The number of nitrogens with zero attached hydrogens (tertiary/aromatic N) is 2. The molecule has 2 atom stereocenters. The molecule has 1 aliphatic heterocycles. The number of nitrogens with one attached hydrogen (secondary N) is 1. The molecule has 6 nitrogen and oxygen atoms in total. The minimum atomic E-state index is -3.37. The van der Waals surface area contributed by atoms with Gasteiger partial charge >= 0.3 is 0 Å². The molecule has 26 heavy (non-hydrogen) atoms. The summed E-state index contributed by atoms with van der Waals surface area (Å²) in [5, 5.41) is 2.98. The highest BCUT2D eigenvalue weighted by molar-refractivity contribution is 7.88. The number of carbonyl (C=O) groups is 1. The lowest BCUT2D eigenvalue weighted by Crippen LogP contribution is -2.52. The molecule has 0 spiro atoms. The van der Waals surface area contributed by atoms with E-state index >= 15 is 0 Å². The van der Waals surface area contributed by atoms with Gasteiger partial charge in [-0.2, -0.15) is 4.31 Å². The maximum atomic E-state index is 12.7. The van der Waals surface area contributed by atoms with Crippen LogP contribution >= 0.6 is 0 Å². The maximum Gasteiger partial charge on any atom is 0.238 e. The largest absolute Gasteiger partial charge is 0.353 e. The molecule has 0 aliphatic carbocycles. The fraction of sp³-hybridized carbons (Fsp3) is 0.632. The molecular weight excluding hydrogens is 350 g/mol. The van der Waals surface area contributed by atoms with Gasteiger partial charge in [0.15, 0.2) is 0 Å². The zero-order valence-electron chi connectivity index (χ0n) is 16.2. The zero-order chi connectivity index (χ0) is 19.3. The lowest BCUT2D eigenvalue weighted by atomic mass is 10.0. The van der Waals surface area contributed by atoms with E-state index in [9.17, 15) is 13.2 Å². The maximum absolute atomic E-state index is 12.7. The Kier molecular flexibility index (Phi) is 7.20. The van der Waals surface area contributed by atoms with Crippen LogP contribution in [0.15, 0.2) is 24.3 Å². The van der Waals surface area contributed by atoms with Gasteiger partial charge in [-0.25, -0.2) is 8.42 Å². The summed E-state index contributed by atoms with van der Waals surface area (Å²) in [7, 11) is 0.588. The minimum Gasteiger partial charge on any atom is -0.353 e. The first-order valence-electron chi connectivity index (χ1n) is 9.23. The van der Waals surface area contributed by atoms with Crippen LogP contribution in [0.25, 0.3) is 0 Å². The average molecular weight is 382 g/mol. The van der Waals surface area contributed by atoms with Crippen LogP contribution in [0.1, 0.15) is 43.4 Å². The molecule has 1 aromatic carbocycles. The molecular formula is C19H31N3O3S. The van der Waals surface area contributed by atoms with Gasteiger partial charge in [-0.15, -0.1) is 0 Å². The summed E-state index contributed by atoms with van der Waals surface area (Å²) in [6.07, 6.45) is 4.43. The quantitative estimate of drug-likeness (QED) is 0.782. The van der Waals surface area contributed by atoms with Crippen molar-refractivity contribution in [2.24, 2.45) is 0 Å². The van der Waals surface area contributed by atoms with Crippen molar-refractivity contribution >= 4 is 15.9 Å². The second-order valence-corrected chi connectivity index (χ2v) is 9.14. The third-order valence-electron chi connectivity index (χ3n) is 5.05. The van der Waals surface area contributed by atoms with E-state index in [4.69, 9.17) is 0 Å². The Labute approximate surface area is 157 Å². The SMILES string of the molecule is CCc1ccc(C(CNC(=O)C2CCCCN2S(C)(=O)=O)N(C)C)cc1. The first kappa shape index (κ1) is 20.9. The van der Waals surface area contributed by atoms with Crippen LogP contribution in [0.3, 0.4) is 0 Å². The van der Waals surface area contributed by atoms with E-state index in [1.165, 1.54) is 16.1 Å². The van der Waals surface area contributed by atoms with Gasteiger partial charge in [0.25, 0.3) is 0 Å². The smallest absolute Gasteiger partial charge is 0.238 e. The fourth-order valence-electron chi connectivity index (χ4n) is 3.45. The van der Waals surface area contributed by atoms with Gasteiger partial charge in [-0.3, -0.25) is 4.79 Å². The molecule has 1 heterocycles. The molecule has 1 fully saturated rings. The number of hydrogen-bond donors (Lipinski definition) is 1. The van der Waals surface area contributed by atoms with Gasteiger partial charge in [0.05, 0.1) is 12.3 Å². The number of rotatable bonds is 7. The number of aryl methyl sites for hydroxylation is 1. The predicted molar refractivity (Wildman–Crippen MR) is 104 cm³/mol. The summed E-state index contributed by atoms with van der Waals surface area (Å²) in [5.74, 6) is -0.202. The highest BCUT2D eigenvalue weighted by atomic mass is 32.2. The summed E-state index contributed by atoms with van der Waals surface area (Å²) in [6, 6.07) is 7.86. The normalized spacial score (nSPS) is 20.1. The molecule has 7 heteroatoms. The van der Waals surface area contributed by atoms with Crippen molar-refractivity contribution in [3.8, 4) is 0 Å². The Morgan fingerprint density at radius 3 is 2.46 bits per heavy atom. The number of carbonyl (C=O) groups excluding carboxylic acids is 1. The Hall–Kier alpha value is -1.44. The van der Waals surface area contributed by atoms with E-state index in [0.717, 1.165) is 24.8 Å². The van der Waals surface area contributed by atoms with Gasteiger partial charge in [-0.05, 0) is 44.5 Å². The molecule has 0 bridgehead atoms.